The molecule has 12 heavy (non-hydrogen) atoms. The molecule has 0 fully saturated rings. The smallest absolute Gasteiger partial charge is 0.330 e. The molecule has 0 saturated heterocycles. The van der Waals surface area contributed by atoms with Crippen LogP contribution >= 0.6 is 0 Å². The van der Waals surface area contributed by atoms with Crippen LogP contribution in [0.15, 0.2) is 12.7 Å². The minimum atomic E-state index is -0.568. The zero-order valence-electron chi connectivity index (χ0n) is 7.92. The Morgan fingerprint density at radius 2 is 2.17 bits per heavy atom. The predicted molar refractivity (Wildman–Crippen MR) is 46.9 cm³/mol. The van der Waals surface area contributed by atoms with Crippen molar-refractivity contribution in [1.82, 2.24) is 0 Å². The third-order valence-electron chi connectivity index (χ3n) is 1.20. The lowest BCUT2D eigenvalue weighted by Crippen LogP contribution is -2.32. The average molecular weight is 172 g/mol. The third-order valence-corrected chi connectivity index (χ3v) is 1.20. The summed E-state index contributed by atoms with van der Waals surface area (Å²) in [5, 5.41) is 0. The van der Waals surface area contributed by atoms with Crippen LogP contribution in [0.2, 0.25) is 0 Å². The molecule has 3 heteroatoms. The van der Waals surface area contributed by atoms with Gasteiger partial charge in [-0.1, -0.05) is 6.58 Å². The van der Waals surface area contributed by atoms with Gasteiger partial charge in [-0.25, -0.2) is 4.79 Å². The Bertz CT molecular complexity index is 161. The first-order chi connectivity index (χ1) is 5.52. The van der Waals surface area contributed by atoms with E-state index in [0.717, 1.165) is 6.08 Å². The van der Waals surface area contributed by atoms with Crippen molar-refractivity contribution in [3.63, 3.8) is 0 Å². The lowest BCUT2D eigenvalue weighted by atomic mass is 10.1. The molecule has 0 amide bonds. The van der Waals surface area contributed by atoms with E-state index in [-0.39, 0.29) is 0 Å². The molecule has 0 N–H and O–H groups in total. The van der Waals surface area contributed by atoms with Gasteiger partial charge in [-0.3, -0.25) is 0 Å². The fraction of sp³-hybridized carbons (Fsp3) is 0.667. The summed E-state index contributed by atoms with van der Waals surface area (Å²) in [6.07, 6.45) is 1.15. The molecule has 0 radical (unpaired) electrons. The van der Waals surface area contributed by atoms with Gasteiger partial charge >= 0.3 is 5.97 Å². The maximum atomic E-state index is 10.8. The molecular weight excluding hydrogens is 156 g/mol. The molecule has 0 aliphatic rings. The molecule has 0 bridgehead atoms. The molecule has 70 valence electrons. The van der Waals surface area contributed by atoms with E-state index in [4.69, 9.17) is 9.47 Å². The second-order valence-corrected chi connectivity index (χ2v) is 3.02. The van der Waals surface area contributed by atoms with Crippen LogP contribution in [-0.4, -0.2) is 24.8 Å². The first kappa shape index (κ1) is 11.2. The molecule has 0 heterocycles. The molecule has 0 atom stereocenters. The highest BCUT2D eigenvalue weighted by Crippen LogP contribution is 2.09. The van der Waals surface area contributed by atoms with Crippen LogP contribution in [-0.2, 0) is 14.3 Å². The third kappa shape index (κ3) is 4.91. The van der Waals surface area contributed by atoms with Crippen molar-refractivity contribution < 1.29 is 14.3 Å². The number of rotatable bonds is 5. The highest BCUT2D eigenvalue weighted by molar-refractivity contribution is 5.81. The van der Waals surface area contributed by atoms with Crippen molar-refractivity contribution in [2.24, 2.45) is 0 Å². The van der Waals surface area contributed by atoms with Gasteiger partial charge in [0.1, 0.15) is 5.60 Å². The van der Waals surface area contributed by atoms with Gasteiger partial charge in [0.25, 0.3) is 0 Å². The molecule has 0 aliphatic carbocycles. The highest BCUT2D eigenvalue weighted by Gasteiger charge is 2.21. The summed E-state index contributed by atoms with van der Waals surface area (Å²) in [5.41, 5.74) is -0.568. The molecule has 0 aromatic heterocycles. The summed E-state index contributed by atoms with van der Waals surface area (Å²) in [4.78, 5) is 10.8. The Morgan fingerprint density at radius 3 is 2.58 bits per heavy atom. The van der Waals surface area contributed by atoms with E-state index >= 15 is 0 Å². The number of hydrogen-bond acceptors (Lipinski definition) is 3. The molecule has 0 aromatic rings. The lowest BCUT2D eigenvalue weighted by molar-refractivity contribution is -0.155. The maximum absolute atomic E-state index is 10.8. The van der Waals surface area contributed by atoms with E-state index in [0.29, 0.717) is 13.2 Å². The van der Waals surface area contributed by atoms with Crippen molar-refractivity contribution in [3.05, 3.63) is 12.7 Å². The Labute approximate surface area is 73.4 Å². The van der Waals surface area contributed by atoms with Crippen molar-refractivity contribution in [3.8, 4) is 0 Å². The summed E-state index contributed by atoms with van der Waals surface area (Å²) in [7, 11) is 0. The van der Waals surface area contributed by atoms with Gasteiger partial charge in [-0.15, -0.1) is 0 Å². The average Bonchev–Trinajstić information content (AvgIpc) is 2.00. The second-order valence-electron chi connectivity index (χ2n) is 3.02. The van der Waals surface area contributed by atoms with Crippen LogP contribution in [0.25, 0.3) is 0 Å². The van der Waals surface area contributed by atoms with Gasteiger partial charge in [0, 0.05) is 12.7 Å². The second kappa shape index (κ2) is 4.93. The first-order valence-corrected chi connectivity index (χ1v) is 3.95. The number of hydrogen-bond donors (Lipinski definition) is 0. The molecule has 0 rings (SSSR count). The minimum absolute atomic E-state index is 0.406. The molecular formula is C9H16O3. The van der Waals surface area contributed by atoms with Gasteiger partial charge in [0.2, 0.25) is 0 Å². The van der Waals surface area contributed by atoms with Gasteiger partial charge < -0.3 is 9.47 Å². The van der Waals surface area contributed by atoms with Crippen LogP contribution in [0, 0.1) is 0 Å². The van der Waals surface area contributed by atoms with Gasteiger partial charge in [-0.2, -0.15) is 0 Å². The SMILES string of the molecule is C=CC(=O)OC(C)(C)COCC. The van der Waals surface area contributed by atoms with E-state index < -0.39 is 11.6 Å². The number of ether oxygens (including phenoxy) is 2. The van der Waals surface area contributed by atoms with Crippen LogP contribution in [0.4, 0.5) is 0 Å². The minimum Gasteiger partial charge on any atom is -0.454 e. The summed E-state index contributed by atoms with van der Waals surface area (Å²) >= 11 is 0. The van der Waals surface area contributed by atoms with Crippen molar-refractivity contribution in [1.29, 1.82) is 0 Å². The maximum Gasteiger partial charge on any atom is 0.330 e. The number of carbonyl (C=O) groups excluding carboxylic acids is 1. The van der Waals surface area contributed by atoms with Crippen LogP contribution < -0.4 is 0 Å². The van der Waals surface area contributed by atoms with E-state index in [9.17, 15) is 4.79 Å². The summed E-state index contributed by atoms with van der Waals surface area (Å²) in [6.45, 7) is 9.82. The Kier molecular flexibility index (Phi) is 4.59. The Morgan fingerprint density at radius 1 is 1.58 bits per heavy atom. The fourth-order valence-electron chi connectivity index (χ4n) is 0.691. The zero-order chi connectivity index (χ0) is 9.61. The molecule has 0 aromatic carbocycles. The normalized spacial score (nSPS) is 10.9. The molecule has 3 nitrogen and oxygen atoms in total. The van der Waals surface area contributed by atoms with Crippen LogP contribution in [0.1, 0.15) is 20.8 Å². The Balaban J connectivity index is 3.85. The van der Waals surface area contributed by atoms with Crippen molar-refractivity contribution in [2.45, 2.75) is 26.4 Å². The topological polar surface area (TPSA) is 35.5 Å². The van der Waals surface area contributed by atoms with Crippen LogP contribution in [0.5, 0.6) is 0 Å². The van der Waals surface area contributed by atoms with Crippen molar-refractivity contribution in [2.75, 3.05) is 13.2 Å². The van der Waals surface area contributed by atoms with E-state index in [1.165, 1.54) is 0 Å². The monoisotopic (exact) mass is 172 g/mol. The molecule has 0 aliphatic heterocycles. The van der Waals surface area contributed by atoms with Crippen molar-refractivity contribution >= 4 is 5.97 Å². The van der Waals surface area contributed by atoms with E-state index in [1.807, 2.05) is 6.92 Å². The number of carbonyl (C=O) groups is 1. The molecule has 0 unspecified atom stereocenters. The van der Waals surface area contributed by atoms with Gasteiger partial charge in [0.05, 0.1) is 6.61 Å². The summed E-state index contributed by atoms with van der Waals surface area (Å²) < 4.78 is 10.1. The zero-order valence-corrected chi connectivity index (χ0v) is 7.92. The standard InChI is InChI=1S/C9H16O3/c1-5-8(10)12-9(3,4)7-11-6-2/h5H,1,6-7H2,2-4H3. The summed E-state index contributed by atoms with van der Waals surface area (Å²) in [6, 6.07) is 0. The summed E-state index contributed by atoms with van der Waals surface area (Å²) in [5.74, 6) is -0.417. The van der Waals surface area contributed by atoms with Gasteiger partial charge in [0.15, 0.2) is 0 Å². The van der Waals surface area contributed by atoms with Gasteiger partial charge in [-0.05, 0) is 20.8 Å². The number of esters is 1. The molecule has 0 spiro atoms. The Hall–Kier alpha value is -0.830. The highest BCUT2D eigenvalue weighted by atomic mass is 16.6. The molecule has 0 saturated carbocycles. The largest absolute Gasteiger partial charge is 0.454 e. The van der Waals surface area contributed by atoms with Crippen LogP contribution in [0.3, 0.4) is 0 Å². The quantitative estimate of drug-likeness (QED) is 0.466. The first-order valence-electron chi connectivity index (χ1n) is 3.95. The lowest BCUT2D eigenvalue weighted by Gasteiger charge is -2.23. The fourth-order valence-corrected chi connectivity index (χ4v) is 0.691. The van der Waals surface area contributed by atoms with E-state index in [2.05, 4.69) is 6.58 Å². The predicted octanol–water partition coefficient (Wildman–Crippen LogP) is 1.53. The van der Waals surface area contributed by atoms with E-state index in [1.54, 1.807) is 13.8 Å².